The zero-order chi connectivity index (χ0) is 10.7. The van der Waals surface area contributed by atoms with Gasteiger partial charge in [0.25, 0.3) is 0 Å². The van der Waals surface area contributed by atoms with Crippen LogP contribution in [0.1, 0.15) is 26.2 Å². The van der Waals surface area contributed by atoms with Crippen LogP contribution in [-0.2, 0) is 0 Å². The van der Waals surface area contributed by atoms with Gasteiger partial charge in [-0.25, -0.2) is 9.97 Å². The molecule has 1 aromatic heterocycles. The Morgan fingerprint density at radius 1 is 1.67 bits per heavy atom. The molecule has 0 saturated carbocycles. The van der Waals surface area contributed by atoms with Crippen LogP contribution in [0.15, 0.2) is 18.6 Å². The minimum atomic E-state index is 0.574. The quantitative estimate of drug-likeness (QED) is 0.790. The van der Waals surface area contributed by atoms with Crippen molar-refractivity contribution in [3.05, 3.63) is 18.6 Å². The molecule has 3 nitrogen and oxygen atoms in total. The van der Waals surface area contributed by atoms with Gasteiger partial charge in [0.15, 0.2) is 0 Å². The van der Waals surface area contributed by atoms with E-state index < -0.39 is 0 Å². The van der Waals surface area contributed by atoms with Crippen LogP contribution in [0.5, 0.6) is 0 Å². The molecule has 0 spiro atoms. The molecule has 1 aliphatic heterocycles. The Bertz CT molecular complexity index is 302. The lowest BCUT2D eigenvalue weighted by Gasteiger charge is -2.26. The maximum atomic E-state index is 4.32. The molecule has 1 aliphatic rings. The third-order valence-corrected chi connectivity index (χ3v) is 3.21. The van der Waals surface area contributed by atoms with Gasteiger partial charge in [-0.3, -0.25) is 0 Å². The Kier molecular flexibility index (Phi) is 3.57. The second kappa shape index (κ2) is 4.92. The van der Waals surface area contributed by atoms with Gasteiger partial charge in [-0.05, 0) is 25.3 Å². The van der Waals surface area contributed by atoms with Crippen molar-refractivity contribution in [3.63, 3.8) is 0 Å². The van der Waals surface area contributed by atoms with Crippen molar-refractivity contribution >= 4 is 21.7 Å². The second-order valence-electron chi connectivity index (χ2n) is 4.07. The zero-order valence-corrected chi connectivity index (χ0v) is 10.5. The molecule has 4 heteroatoms. The van der Waals surface area contributed by atoms with Crippen LogP contribution < -0.4 is 4.90 Å². The van der Waals surface area contributed by atoms with Crippen LogP contribution in [0.25, 0.3) is 0 Å². The molecule has 2 heterocycles. The Morgan fingerprint density at radius 2 is 2.53 bits per heavy atom. The van der Waals surface area contributed by atoms with Crippen LogP contribution >= 0.6 is 15.9 Å². The lowest BCUT2D eigenvalue weighted by atomic mass is 10.1. The predicted octanol–water partition coefficient (Wildman–Crippen LogP) is 2.62. The number of nitrogens with zero attached hydrogens (tertiary/aromatic N) is 3. The van der Waals surface area contributed by atoms with Crippen molar-refractivity contribution in [1.29, 1.82) is 0 Å². The Balaban J connectivity index is 2.08. The van der Waals surface area contributed by atoms with Crippen molar-refractivity contribution in [1.82, 2.24) is 9.97 Å². The number of rotatable bonds is 3. The van der Waals surface area contributed by atoms with Crippen LogP contribution in [0, 0.1) is 0 Å². The van der Waals surface area contributed by atoms with E-state index in [1.54, 1.807) is 6.33 Å². The van der Waals surface area contributed by atoms with Crippen molar-refractivity contribution < 1.29 is 0 Å². The van der Waals surface area contributed by atoms with Gasteiger partial charge >= 0.3 is 0 Å². The van der Waals surface area contributed by atoms with Gasteiger partial charge in [-0.1, -0.05) is 22.9 Å². The summed E-state index contributed by atoms with van der Waals surface area (Å²) in [5, 5.41) is 0. The lowest BCUT2D eigenvalue weighted by Crippen LogP contribution is -2.31. The average Bonchev–Trinajstić information content (AvgIpc) is 2.66. The molecular weight excluding hydrogens is 254 g/mol. The van der Waals surface area contributed by atoms with E-state index in [1.165, 1.54) is 19.3 Å². The van der Waals surface area contributed by atoms with E-state index in [1.807, 2.05) is 12.3 Å². The molecule has 1 saturated heterocycles. The molecule has 82 valence electrons. The fourth-order valence-corrected chi connectivity index (χ4v) is 2.64. The first kappa shape index (κ1) is 10.9. The van der Waals surface area contributed by atoms with Gasteiger partial charge in [0.2, 0.25) is 0 Å². The fourth-order valence-electron chi connectivity index (χ4n) is 2.21. The molecule has 0 amide bonds. The van der Waals surface area contributed by atoms with Crippen molar-refractivity contribution in [2.24, 2.45) is 0 Å². The molecule has 1 aromatic rings. The topological polar surface area (TPSA) is 29.0 Å². The Hall–Kier alpha value is -0.640. The van der Waals surface area contributed by atoms with E-state index in [4.69, 9.17) is 0 Å². The normalized spacial score (nSPS) is 23.1. The summed E-state index contributed by atoms with van der Waals surface area (Å²) in [6, 6.07) is 2.63. The summed E-state index contributed by atoms with van der Waals surface area (Å²) >= 11 is 3.63. The molecular formula is C11H16BrN3. The van der Waals surface area contributed by atoms with Crippen LogP contribution in [-0.4, -0.2) is 27.4 Å². The maximum Gasteiger partial charge on any atom is 0.132 e. The molecule has 2 atom stereocenters. The summed E-state index contributed by atoms with van der Waals surface area (Å²) in [6.45, 7) is 3.33. The van der Waals surface area contributed by atoms with Crippen molar-refractivity contribution in [3.8, 4) is 0 Å². The zero-order valence-electron chi connectivity index (χ0n) is 8.93. The van der Waals surface area contributed by atoms with Crippen LogP contribution in [0.2, 0.25) is 0 Å². The summed E-state index contributed by atoms with van der Waals surface area (Å²) in [4.78, 5) is 11.2. The van der Waals surface area contributed by atoms with Crippen molar-refractivity contribution in [2.75, 3.05) is 11.4 Å². The van der Waals surface area contributed by atoms with E-state index in [0.29, 0.717) is 10.9 Å². The summed E-state index contributed by atoms with van der Waals surface area (Å²) in [7, 11) is 0. The predicted molar refractivity (Wildman–Crippen MR) is 65.4 cm³/mol. The van der Waals surface area contributed by atoms with Gasteiger partial charge in [-0.2, -0.15) is 0 Å². The van der Waals surface area contributed by atoms with Crippen LogP contribution in [0.4, 0.5) is 5.82 Å². The second-order valence-corrected chi connectivity index (χ2v) is 5.64. The van der Waals surface area contributed by atoms with E-state index >= 15 is 0 Å². The number of hydrogen-bond donors (Lipinski definition) is 0. The summed E-state index contributed by atoms with van der Waals surface area (Å²) < 4.78 is 0. The third-order valence-electron chi connectivity index (χ3n) is 2.83. The standard InChI is InChI=1S/C11H16BrN3/c1-9(12)7-10-3-2-6-15(10)11-4-5-13-8-14-11/h4-5,8-10H,2-3,6-7H2,1H3. The van der Waals surface area contributed by atoms with Gasteiger partial charge < -0.3 is 4.90 Å². The number of aromatic nitrogens is 2. The molecule has 1 fully saturated rings. The lowest BCUT2D eigenvalue weighted by molar-refractivity contribution is 0.608. The number of anilines is 1. The van der Waals surface area contributed by atoms with Crippen LogP contribution in [0.3, 0.4) is 0 Å². The molecule has 15 heavy (non-hydrogen) atoms. The number of hydrogen-bond acceptors (Lipinski definition) is 3. The van der Waals surface area contributed by atoms with Gasteiger partial charge in [-0.15, -0.1) is 0 Å². The molecule has 0 aromatic carbocycles. The maximum absolute atomic E-state index is 4.32. The SMILES string of the molecule is CC(Br)CC1CCCN1c1ccncn1. The van der Waals surface area contributed by atoms with E-state index in [2.05, 4.69) is 37.7 Å². The largest absolute Gasteiger partial charge is 0.353 e. The third kappa shape index (κ3) is 2.68. The molecule has 0 radical (unpaired) electrons. The Morgan fingerprint density at radius 3 is 3.20 bits per heavy atom. The summed E-state index contributed by atoms with van der Waals surface area (Å²) in [5.41, 5.74) is 0. The molecule has 0 N–H and O–H groups in total. The average molecular weight is 270 g/mol. The molecule has 0 bridgehead atoms. The fraction of sp³-hybridized carbons (Fsp3) is 0.636. The first-order valence-corrected chi connectivity index (χ1v) is 6.35. The highest BCUT2D eigenvalue weighted by Crippen LogP contribution is 2.27. The summed E-state index contributed by atoms with van der Waals surface area (Å²) in [5.74, 6) is 1.07. The summed E-state index contributed by atoms with van der Waals surface area (Å²) in [6.07, 6.45) is 7.18. The minimum absolute atomic E-state index is 0.574. The highest BCUT2D eigenvalue weighted by atomic mass is 79.9. The Labute approximate surface area is 99.0 Å². The highest BCUT2D eigenvalue weighted by molar-refractivity contribution is 9.09. The van der Waals surface area contributed by atoms with Gasteiger partial charge in [0.1, 0.15) is 12.1 Å². The monoisotopic (exact) mass is 269 g/mol. The highest BCUT2D eigenvalue weighted by Gasteiger charge is 2.26. The van der Waals surface area contributed by atoms with E-state index in [9.17, 15) is 0 Å². The number of alkyl halides is 1. The first-order chi connectivity index (χ1) is 7.27. The van der Waals surface area contributed by atoms with Gasteiger partial charge in [0.05, 0.1) is 0 Å². The van der Waals surface area contributed by atoms with Gasteiger partial charge in [0, 0.05) is 23.6 Å². The molecule has 0 aliphatic carbocycles. The minimum Gasteiger partial charge on any atom is -0.353 e. The molecule has 2 unspecified atom stereocenters. The van der Waals surface area contributed by atoms with Crippen molar-refractivity contribution in [2.45, 2.75) is 37.1 Å². The van der Waals surface area contributed by atoms with E-state index in [-0.39, 0.29) is 0 Å². The van der Waals surface area contributed by atoms with E-state index in [0.717, 1.165) is 12.4 Å². The number of halogens is 1. The smallest absolute Gasteiger partial charge is 0.132 e. The first-order valence-electron chi connectivity index (χ1n) is 5.44. The molecule has 2 rings (SSSR count).